The summed E-state index contributed by atoms with van der Waals surface area (Å²) in [6.07, 6.45) is 16.6. The lowest BCUT2D eigenvalue weighted by Crippen LogP contribution is -2.71. The van der Waals surface area contributed by atoms with Gasteiger partial charge in [-0.3, -0.25) is 4.79 Å². The number of allylic oxidation sites excluding steroid dienone is 4. The minimum atomic E-state index is -0.595. The lowest BCUT2D eigenvalue weighted by molar-refractivity contribution is -0.171. The van der Waals surface area contributed by atoms with E-state index in [1.165, 1.54) is 0 Å². The van der Waals surface area contributed by atoms with Crippen molar-refractivity contribution in [2.45, 2.75) is 71.0 Å². The molecule has 3 amide bonds. The van der Waals surface area contributed by atoms with E-state index in [1.807, 2.05) is 25.3 Å². The van der Waals surface area contributed by atoms with Gasteiger partial charge in [0.1, 0.15) is 12.5 Å². The highest BCUT2D eigenvalue weighted by Crippen LogP contribution is 2.22. The molecule has 9 nitrogen and oxygen atoms in total. The highest BCUT2D eigenvalue weighted by atomic mass is 16.5. The number of hydrogen-bond acceptors (Lipinski definition) is 6. The molecule has 2 atom stereocenters. The van der Waals surface area contributed by atoms with Crippen molar-refractivity contribution < 1.29 is 19.1 Å². The molecule has 1 N–H and O–H groups in total. The van der Waals surface area contributed by atoms with Crippen LogP contribution in [0.4, 0.5) is 4.79 Å². The molecule has 0 aromatic heterocycles. The molecule has 1 unspecified atom stereocenters. The number of aldehydes is 1. The second kappa shape index (κ2) is 17.1. The van der Waals surface area contributed by atoms with Crippen molar-refractivity contribution in [2.75, 3.05) is 53.5 Å². The molecule has 1 heterocycles. The van der Waals surface area contributed by atoms with Crippen LogP contribution >= 0.6 is 0 Å². The van der Waals surface area contributed by atoms with Crippen LogP contribution < -0.4 is 5.32 Å². The minimum Gasteiger partial charge on any atom is -0.381 e. The second-order valence-corrected chi connectivity index (χ2v) is 9.84. The molecule has 0 radical (unpaired) electrons. The Morgan fingerprint density at radius 2 is 1.97 bits per heavy atom. The Balaban J connectivity index is 2.17. The third-order valence-corrected chi connectivity index (χ3v) is 6.64. The standard InChI is InChI=1S/C28H47N5O4/c1-5-7-16-25(23-34)32-26(21-30(3)17-13-19-37-18-8-6-2)33(31(4)22-27(32)35)28(36)29-20-24-14-11-9-10-12-15-24/h9,11-12,14-15,23,25-26H,5-8,10,13,16-22H2,1-4H3,(H,29,36)/t25-,26?/m0/s1. The number of nitrogens with zero attached hydrogens (tertiary/aromatic N) is 4. The molecular formula is C28H47N5O4. The van der Waals surface area contributed by atoms with Crippen LogP contribution in [-0.4, -0.2) is 104 Å². The molecule has 2 rings (SSSR count). The first-order chi connectivity index (χ1) is 17.9. The smallest absolute Gasteiger partial charge is 0.334 e. The van der Waals surface area contributed by atoms with Crippen LogP contribution in [0.25, 0.3) is 0 Å². The summed E-state index contributed by atoms with van der Waals surface area (Å²) in [5.74, 6) is -0.138. The number of ether oxygens (including phenoxy) is 1. The maximum absolute atomic E-state index is 13.5. The number of nitrogens with one attached hydrogen (secondary N) is 1. The van der Waals surface area contributed by atoms with Gasteiger partial charge < -0.3 is 24.6 Å². The molecule has 208 valence electrons. The van der Waals surface area contributed by atoms with Gasteiger partial charge in [-0.15, -0.1) is 0 Å². The fraction of sp³-hybridized carbons (Fsp3) is 0.679. The van der Waals surface area contributed by atoms with Gasteiger partial charge in [-0.1, -0.05) is 63.5 Å². The highest BCUT2D eigenvalue weighted by molar-refractivity contribution is 5.85. The average molecular weight is 518 g/mol. The monoisotopic (exact) mass is 517 g/mol. The number of rotatable bonds is 16. The summed E-state index contributed by atoms with van der Waals surface area (Å²) in [4.78, 5) is 42.6. The molecule has 0 aromatic carbocycles. The SMILES string of the molecule is CCCCOCCCN(C)CC1N([C@H](C=O)CCCC)C(=O)CN(C)N1C(=O)NCC1=CC=CCC=C1. The quantitative estimate of drug-likeness (QED) is 0.250. The zero-order valence-electron chi connectivity index (χ0n) is 23.2. The van der Waals surface area contributed by atoms with Gasteiger partial charge in [0.15, 0.2) is 0 Å². The van der Waals surface area contributed by atoms with E-state index in [4.69, 9.17) is 4.74 Å². The fourth-order valence-electron chi connectivity index (χ4n) is 4.57. The highest BCUT2D eigenvalue weighted by Gasteiger charge is 2.43. The first kappa shape index (κ1) is 30.7. The van der Waals surface area contributed by atoms with Gasteiger partial charge in [-0.2, -0.15) is 0 Å². The largest absolute Gasteiger partial charge is 0.381 e. The van der Waals surface area contributed by atoms with E-state index in [-0.39, 0.29) is 18.5 Å². The van der Waals surface area contributed by atoms with Gasteiger partial charge in [-0.25, -0.2) is 14.8 Å². The van der Waals surface area contributed by atoms with E-state index in [0.717, 1.165) is 63.5 Å². The molecule has 1 aliphatic carbocycles. The Kier molecular flexibility index (Phi) is 14.2. The van der Waals surface area contributed by atoms with Gasteiger partial charge in [0, 0.05) is 39.9 Å². The lowest BCUT2D eigenvalue weighted by atomic mass is 10.1. The number of carbonyl (C=O) groups excluding carboxylic acids is 3. The normalized spacial score (nSPS) is 19.2. The summed E-state index contributed by atoms with van der Waals surface area (Å²) in [6, 6.07) is -0.853. The van der Waals surface area contributed by atoms with Crippen LogP contribution in [0.5, 0.6) is 0 Å². The van der Waals surface area contributed by atoms with Crippen molar-refractivity contribution in [2.24, 2.45) is 0 Å². The van der Waals surface area contributed by atoms with E-state index in [1.54, 1.807) is 22.0 Å². The van der Waals surface area contributed by atoms with Gasteiger partial charge in [0.2, 0.25) is 5.91 Å². The van der Waals surface area contributed by atoms with E-state index in [0.29, 0.717) is 26.1 Å². The maximum Gasteiger partial charge on any atom is 0.334 e. The third kappa shape index (κ3) is 10.1. The van der Waals surface area contributed by atoms with Crippen molar-refractivity contribution in [3.63, 3.8) is 0 Å². The Hall–Kier alpha value is -2.49. The minimum absolute atomic E-state index is 0.0424. The molecule has 0 bridgehead atoms. The van der Waals surface area contributed by atoms with E-state index < -0.39 is 12.2 Å². The molecule has 1 saturated heterocycles. The van der Waals surface area contributed by atoms with Crippen LogP contribution in [0.1, 0.15) is 58.8 Å². The number of unbranched alkanes of at least 4 members (excludes halogenated alkanes) is 2. The van der Waals surface area contributed by atoms with Crippen LogP contribution in [0, 0.1) is 0 Å². The molecule has 9 heteroatoms. The van der Waals surface area contributed by atoms with Gasteiger partial charge >= 0.3 is 6.03 Å². The van der Waals surface area contributed by atoms with Crippen LogP contribution in [0.3, 0.4) is 0 Å². The van der Waals surface area contributed by atoms with Gasteiger partial charge in [0.25, 0.3) is 0 Å². The van der Waals surface area contributed by atoms with E-state index in [9.17, 15) is 14.4 Å². The summed E-state index contributed by atoms with van der Waals surface area (Å²) in [7, 11) is 3.73. The number of hydrogen-bond donors (Lipinski definition) is 1. The molecule has 2 aliphatic rings. The number of likely N-dealkylation sites (N-methyl/N-ethyl adjacent to an activating group) is 2. The predicted molar refractivity (Wildman–Crippen MR) is 147 cm³/mol. The third-order valence-electron chi connectivity index (χ3n) is 6.64. The Bertz CT molecular complexity index is 812. The maximum atomic E-state index is 13.5. The Morgan fingerprint density at radius 1 is 1.22 bits per heavy atom. The predicted octanol–water partition coefficient (Wildman–Crippen LogP) is 3.35. The number of carbonyl (C=O) groups is 3. The van der Waals surface area contributed by atoms with Crippen molar-refractivity contribution in [3.8, 4) is 0 Å². The molecule has 37 heavy (non-hydrogen) atoms. The van der Waals surface area contributed by atoms with Crippen molar-refractivity contribution in [1.82, 2.24) is 25.1 Å². The fourth-order valence-corrected chi connectivity index (χ4v) is 4.57. The first-order valence-electron chi connectivity index (χ1n) is 13.8. The van der Waals surface area contributed by atoms with Crippen LogP contribution in [0.2, 0.25) is 0 Å². The van der Waals surface area contributed by atoms with E-state index >= 15 is 0 Å². The summed E-state index contributed by atoms with van der Waals surface area (Å²) >= 11 is 0. The van der Waals surface area contributed by atoms with E-state index in [2.05, 4.69) is 36.2 Å². The molecule has 1 aliphatic heterocycles. The first-order valence-corrected chi connectivity index (χ1v) is 13.8. The zero-order chi connectivity index (χ0) is 27.0. The van der Waals surface area contributed by atoms with Gasteiger partial charge in [0.05, 0.1) is 12.6 Å². The summed E-state index contributed by atoms with van der Waals surface area (Å²) in [5.41, 5.74) is 1.00. The van der Waals surface area contributed by atoms with Crippen LogP contribution in [0.15, 0.2) is 36.0 Å². The average Bonchev–Trinajstić information content (AvgIpc) is 3.15. The summed E-state index contributed by atoms with van der Waals surface area (Å²) < 4.78 is 5.69. The molecule has 1 fully saturated rings. The number of urea groups is 1. The topological polar surface area (TPSA) is 85.4 Å². The molecular weight excluding hydrogens is 470 g/mol. The second-order valence-electron chi connectivity index (χ2n) is 9.84. The number of hydrazine groups is 1. The molecule has 0 saturated carbocycles. The lowest BCUT2D eigenvalue weighted by Gasteiger charge is -2.50. The van der Waals surface area contributed by atoms with Crippen molar-refractivity contribution >= 4 is 18.2 Å². The van der Waals surface area contributed by atoms with Crippen LogP contribution in [-0.2, 0) is 14.3 Å². The van der Waals surface area contributed by atoms with Crippen molar-refractivity contribution in [1.29, 1.82) is 0 Å². The zero-order valence-corrected chi connectivity index (χ0v) is 23.2. The summed E-state index contributed by atoms with van der Waals surface area (Å²) in [5, 5.41) is 6.29. The van der Waals surface area contributed by atoms with Gasteiger partial charge in [-0.05, 0) is 38.3 Å². The molecule has 0 aromatic rings. The van der Waals surface area contributed by atoms with Crippen molar-refractivity contribution in [3.05, 3.63) is 36.0 Å². The Labute approximate surface area is 223 Å². The summed E-state index contributed by atoms with van der Waals surface area (Å²) in [6.45, 7) is 7.25. The number of amides is 3. The molecule has 0 spiro atoms. The Morgan fingerprint density at radius 3 is 2.70 bits per heavy atom.